The number of hydrogen-bond donors (Lipinski definition) is 0. The molecule has 6 nitrogen and oxygen atoms in total. The Hall–Kier alpha value is -2.37. The Kier molecular flexibility index (Phi) is 68.1. The van der Waals surface area contributed by atoms with Crippen molar-refractivity contribution in [3.8, 4) is 0 Å². The topological polar surface area (TPSA) is 78.9 Å². The predicted octanol–water partition coefficient (Wildman–Crippen LogP) is 25.1. The van der Waals surface area contributed by atoms with Gasteiger partial charge in [-0.15, -0.1) is 0 Å². The molecule has 81 heavy (non-hydrogen) atoms. The molecule has 0 aliphatic carbocycles. The summed E-state index contributed by atoms with van der Waals surface area (Å²) in [5.41, 5.74) is 0. The van der Waals surface area contributed by atoms with E-state index < -0.39 is 6.10 Å². The maximum absolute atomic E-state index is 13.0. The monoisotopic (exact) mass is 1140 g/mol. The summed E-state index contributed by atoms with van der Waals surface area (Å²) in [6, 6.07) is 0. The van der Waals surface area contributed by atoms with E-state index in [1.54, 1.807) is 0 Å². The van der Waals surface area contributed by atoms with Gasteiger partial charge in [-0.1, -0.05) is 365 Å². The van der Waals surface area contributed by atoms with Gasteiger partial charge in [-0.25, -0.2) is 0 Å². The van der Waals surface area contributed by atoms with Crippen molar-refractivity contribution in [2.24, 2.45) is 0 Å². The lowest BCUT2D eigenvalue weighted by atomic mass is 10.0. The molecule has 0 aliphatic rings. The minimum absolute atomic E-state index is 0.0716. The van der Waals surface area contributed by atoms with Crippen LogP contribution in [0.2, 0.25) is 0 Å². The fourth-order valence-corrected chi connectivity index (χ4v) is 11.2. The van der Waals surface area contributed by atoms with Gasteiger partial charge in [0.15, 0.2) is 6.10 Å². The summed E-state index contributed by atoms with van der Waals surface area (Å²) in [5, 5.41) is 0. The SMILES string of the molecule is CCCCC/C=C\C/C=C\C/C=C\CCCCCCCCC(=O)OC(COC(=O)CCCCCCCCCCCCCCCCCCCCC)COC(=O)CCCCCCCCCCCCCCCCCCCCCCCCCCC. The molecule has 0 aromatic heterocycles. The van der Waals surface area contributed by atoms with Gasteiger partial charge in [0.05, 0.1) is 0 Å². The molecule has 0 N–H and O–H groups in total. The van der Waals surface area contributed by atoms with Gasteiger partial charge in [-0.2, -0.15) is 0 Å². The second kappa shape index (κ2) is 70.1. The van der Waals surface area contributed by atoms with Crippen molar-refractivity contribution >= 4 is 17.9 Å². The first-order valence-corrected chi connectivity index (χ1v) is 36.5. The predicted molar refractivity (Wildman–Crippen MR) is 353 cm³/mol. The molecule has 476 valence electrons. The number of carbonyl (C=O) groups is 3. The fraction of sp³-hybridized carbons (Fsp3) is 0.880. The molecule has 0 fully saturated rings. The van der Waals surface area contributed by atoms with Crippen molar-refractivity contribution in [3.05, 3.63) is 36.5 Å². The molecular formula is C75H140O6. The van der Waals surface area contributed by atoms with Crippen LogP contribution < -0.4 is 0 Å². The largest absolute Gasteiger partial charge is 0.462 e. The van der Waals surface area contributed by atoms with Crippen molar-refractivity contribution in [1.29, 1.82) is 0 Å². The van der Waals surface area contributed by atoms with E-state index in [1.807, 2.05) is 0 Å². The number of ether oxygens (including phenoxy) is 3. The van der Waals surface area contributed by atoms with E-state index in [1.165, 1.54) is 289 Å². The summed E-state index contributed by atoms with van der Waals surface area (Å²) in [5.74, 6) is -0.851. The number of esters is 3. The molecule has 0 saturated heterocycles. The van der Waals surface area contributed by atoms with Crippen LogP contribution in [0.1, 0.15) is 406 Å². The van der Waals surface area contributed by atoms with Gasteiger partial charge in [-0.05, 0) is 57.8 Å². The van der Waals surface area contributed by atoms with Gasteiger partial charge in [-0.3, -0.25) is 14.4 Å². The second-order valence-electron chi connectivity index (χ2n) is 24.9. The molecule has 0 bridgehead atoms. The maximum Gasteiger partial charge on any atom is 0.306 e. The lowest BCUT2D eigenvalue weighted by molar-refractivity contribution is -0.167. The van der Waals surface area contributed by atoms with E-state index in [0.717, 1.165) is 77.0 Å². The third-order valence-corrected chi connectivity index (χ3v) is 16.6. The lowest BCUT2D eigenvalue weighted by Crippen LogP contribution is -2.30. The smallest absolute Gasteiger partial charge is 0.306 e. The van der Waals surface area contributed by atoms with Crippen molar-refractivity contribution < 1.29 is 28.6 Å². The van der Waals surface area contributed by atoms with E-state index >= 15 is 0 Å². The summed E-state index contributed by atoms with van der Waals surface area (Å²) in [4.78, 5) is 38.5. The molecule has 0 heterocycles. The third kappa shape index (κ3) is 68.3. The van der Waals surface area contributed by atoms with Gasteiger partial charge in [0.25, 0.3) is 0 Å². The first-order valence-electron chi connectivity index (χ1n) is 36.5. The highest BCUT2D eigenvalue weighted by molar-refractivity contribution is 5.71. The Labute approximate surface area is 506 Å². The normalized spacial score (nSPS) is 12.2. The van der Waals surface area contributed by atoms with E-state index in [9.17, 15) is 14.4 Å². The van der Waals surface area contributed by atoms with Gasteiger partial charge in [0, 0.05) is 19.3 Å². The number of allylic oxidation sites excluding steroid dienone is 6. The molecule has 1 atom stereocenters. The summed E-state index contributed by atoms with van der Waals surface area (Å²) >= 11 is 0. The van der Waals surface area contributed by atoms with E-state index in [4.69, 9.17) is 14.2 Å². The number of hydrogen-bond acceptors (Lipinski definition) is 6. The Bertz CT molecular complexity index is 1350. The minimum atomic E-state index is -0.778. The average molecular weight is 1140 g/mol. The van der Waals surface area contributed by atoms with Crippen molar-refractivity contribution in [2.75, 3.05) is 13.2 Å². The molecule has 0 spiro atoms. The van der Waals surface area contributed by atoms with E-state index in [2.05, 4.69) is 57.2 Å². The van der Waals surface area contributed by atoms with Crippen LogP contribution in [0, 0.1) is 0 Å². The second-order valence-corrected chi connectivity index (χ2v) is 24.9. The molecule has 0 aliphatic heterocycles. The van der Waals surface area contributed by atoms with Crippen LogP contribution in [-0.2, 0) is 28.6 Å². The van der Waals surface area contributed by atoms with Crippen LogP contribution in [0.25, 0.3) is 0 Å². The summed E-state index contributed by atoms with van der Waals surface area (Å²) in [6.07, 6.45) is 87.5. The maximum atomic E-state index is 13.0. The van der Waals surface area contributed by atoms with Crippen LogP contribution in [0.5, 0.6) is 0 Å². The van der Waals surface area contributed by atoms with Crippen LogP contribution >= 0.6 is 0 Å². The Morgan fingerprint density at radius 2 is 0.444 bits per heavy atom. The quantitative estimate of drug-likeness (QED) is 0.0261. The number of carbonyl (C=O) groups excluding carboxylic acids is 3. The van der Waals surface area contributed by atoms with Crippen molar-refractivity contribution in [2.45, 2.75) is 412 Å². The van der Waals surface area contributed by atoms with Crippen LogP contribution in [0.4, 0.5) is 0 Å². The van der Waals surface area contributed by atoms with Crippen LogP contribution in [0.3, 0.4) is 0 Å². The Morgan fingerprint density at radius 1 is 0.247 bits per heavy atom. The highest BCUT2D eigenvalue weighted by Crippen LogP contribution is 2.19. The van der Waals surface area contributed by atoms with Crippen molar-refractivity contribution in [3.63, 3.8) is 0 Å². The van der Waals surface area contributed by atoms with E-state index in [0.29, 0.717) is 19.3 Å². The standard InChI is InChI=1S/C75H140O6/c1-4-7-10-13-16-19-22-25-28-31-34-35-36-37-38-39-42-44-47-50-53-56-59-62-65-68-74(77)80-71-72(81-75(78)69-66-63-60-57-54-51-48-45-41-33-30-27-24-21-18-15-12-9-6-3)70-79-73(76)67-64-61-58-55-52-49-46-43-40-32-29-26-23-20-17-14-11-8-5-2/h18,21,27,30,41,45,72H,4-17,19-20,22-26,28-29,31-40,42-44,46-71H2,1-3H3/b21-18-,30-27-,45-41-. The van der Waals surface area contributed by atoms with Crippen molar-refractivity contribution in [1.82, 2.24) is 0 Å². The van der Waals surface area contributed by atoms with Gasteiger partial charge < -0.3 is 14.2 Å². The fourth-order valence-electron chi connectivity index (χ4n) is 11.2. The van der Waals surface area contributed by atoms with Gasteiger partial charge in [0.2, 0.25) is 0 Å². The molecular weight excluding hydrogens is 997 g/mol. The minimum Gasteiger partial charge on any atom is -0.462 e. The van der Waals surface area contributed by atoms with Gasteiger partial charge in [0.1, 0.15) is 13.2 Å². The zero-order chi connectivity index (χ0) is 58.5. The zero-order valence-electron chi connectivity index (χ0n) is 54.8. The molecule has 0 aromatic carbocycles. The summed E-state index contributed by atoms with van der Waals surface area (Å²) in [7, 11) is 0. The molecule has 1 unspecified atom stereocenters. The molecule has 0 rings (SSSR count). The summed E-state index contributed by atoms with van der Waals surface area (Å²) < 4.78 is 17.0. The molecule has 0 saturated carbocycles. The molecule has 6 heteroatoms. The number of unbranched alkanes of at least 4 members (excludes halogenated alkanes) is 51. The average Bonchev–Trinajstić information content (AvgIpc) is 3.47. The molecule has 0 amide bonds. The third-order valence-electron chi connectivity index (χ3n) is 16.6. The first-order chi connectivity index (χ1) is 40.0. The Balaban J connectivity index is 4.29. The van der Waals surface area contributed by atoms with Gasteiger partial charge >= 0.3 is 17.9 Å². The highest BCUT2D eigenvalue weighted by atomic mass is 16.6. The Morgan fingerprint density at radius 3 is 0.716 bits per heavy atom. The lowest BCUT2D eigenvalue weighted by Gasteiger charge is -2.18. The summed E-state index contributed by atoms with van der Waals surface area (Å²) in [6.45, 7) is 6.69. The zero-order valence-corrected chi connectivity index (χ0v) is 54.8. The van der Waals surface area contributed by atoms with Crippen LogP contribution in [-0.4, -0.2) is 37.2 Å². The van der Waals surface area contributed by atoms with E-state index in [-0.39, 0.29) is 31.1 Å². The highest BCUT2D eigenvalue weighted by Gasteiger charge is 2.19. The molecule has 0 radical (unpaired) electrons. The molecule has 0 aromatic rings. The van der Waals surface area contributed by atoms with Crippen LogP contribution in [0.15, 0.2) is 36.5 Å². The first kappa shape index (κ1) is 78.6. The number of rotatable bonds is 68.